The molecule has 0 fully saturated rings. The lowest BCUT2D eigenvalue weighted by molar-refractivity contribution is 0.193. The van der Waals surface area contributed by atoms with Crippen LogP contribution in [0.3, 0.4) is 0 Å². The van der Waals surface area contributed by atoms with Crippen molar-refractivity contribution in [3.05, 3.63) is 51.7 Å². The average molecular weight is 453 g/mol. The highest BCUT2D eigenvalue weighted by molar-refractivity contribution is 14.1. The number of aromatic nitrogens is 1. The zero-order valence-electron chi connectivity index (χ0n) is 15.2. The van der Waals surface area contributed by atoms with Gasteiger partial charge in [0.15, 0.2) is 8.32 Å². The van der Waals surface area contributed by atoms with Crippen LogP contribution >= 0.6 is 22.6 Å². The van der Waals surface area contributed by atoms with Crippen molar-refractivity contribution in [1.82, 2.24) is 4.98 Å². The van der Waals surface area contributed by atoms with E-state index in [9.17, 15) is 0 Å². The number of halogens is 1. The molecular formula is C20H28INOSi. The quantitative estimate of drug-likeness (QED) is 0.316. The highest BCUT2D eigenvalue weighted by Gasteiger charge is 2.32. The third-order valence-corrected chi connectivity index (χ3v) is 10.0. The molecule has 0 unspecified atom stereocenters. The zero-order valence-corrected chi connectivity index (χ0v) is 18.3. The van der Waals surface area contributed by atoms with Crippen LogP contribution < -0.4 is 0 Å². The summed E-state index contributed by atoms with van der Waals surface area (Å²) in [6, 6.07) is 14.2. The summed E-state index contributed by atoms with van der Waals surface area (Å²) in [7, 11) is -1.65. The van der Waals surface area contributed by atoms with Gasteiger partial charge in [0, 0.05) is 11.6 Å². The molecule has 0 radical (unpaired) electrons. The predicted octanol–water partition coefficient (Wildman–Crippen LogP) is 7.03. The van der Waals surface area contributed by atoms with Crippen LogP contribution in [0.25, 0.3) is 10.9 Å². The number of pyridine rings is 1. The standard InChI is InChI=1S/C20H28INOSi/c1-5-24(6-2,7-3)23-20(13-10-16(4)21)18-11-12-19-17(15-18)9-8-14-22-19/h8-12,14-15,20H,5-7,13H2,1-4H3/t20-/m1/s1. The summed E-state index contributed by atoms with van der Waals surface area (Å²) in [5, 5.41) is 1.19. The number of nitrogens with zero attached hydrogens (tertiary/aromatic N) is 1. The van der Waals surface area contributed by atoms with Crippen LogP contribution in [-0.2, 0) is 4.43 Å². The monoisotopic (exact) mass is 453 g/mol. The fourth-order valence-corrected chi connectivity index (χ4v) is 6.21. The van der Waals surface area contributed by atoms with Crippen molar-refractivity contribution < 1.29 is 4.43 Å². The van der Waals surface area contributed by atoms with E-state index in [-0.39, 0.29) is 6.10 Å². The summed E-state index contributed by atoms with van der Waals surface area (Å²) >= 11 is 2.38. The lowest BCUT2D eigenvalue weighted by Crippen LogP contribution is -2.37. The Morgan fingerprint density at radius 1 is 1.21 bits per heavy atom. The van der Waals surface area contributed by atoms with E-state index in [0.29, 0.717) is 0 Å². The van der Waals surface area contributed by atoms with Crippen molar-refractivity contribution in [3.8, 4) is 0 Å². The van der Waals surface area contributed by atoms with Crippen molar-refractivity contribution in [3.63, 3.8) is 0 Å². The van der Waals surface area contributed by atoms with Gasteiger partial charge in [-0.2, -0.15) is 0 Å². The first-order valence-electron chi connectivity index (χ1n) is 8.88. The molecule has 4 heteroatoms. The van der Waals surface area contributed by atoms with E-state index in [4.69, 9.17) is 4.43 Å². The Morgan fingerprint density at radius 2 is 1.92 bits per heavy atom. The topological polar surface area (TPSA) is 22.1 Å². The molecule has 0 N–H and O–H groups in total. The third kappa shape index (κ3) is 4.89. The molecule has 2 aromatic rings. The zero-order chi connectivity index (χ0) is 17.6. The molecule has 2 nitrogen and oxygen atoms in total. The van der Waals surface area contributed by atoms with E-state index in [0.717, 1.165) is 11.9 Å². The lowest BCUT2D eigenvalue weighted by Gasteiger charge is -2.33. The molecule has 0 saturated carbocycles. The van der Waals surface area contributed by atoms with Gasteiger partial charge in [0.2, 0.25) is 0 Å². The van der Waals surface area contributed by atoms with Gasteiger partial charge < -0.3 is 4.43 Å². The van der Waals surface area contributed by atoms with E-state index in [2.05, 4.69) is 85.6 Å². The number of benzene rings is 1. The fraction of sp³-hybridized carbons (Fsp3) is 0.450. The highest BCUT2D eigenvalue weighted by atomic mass is 127. The van der Waals surface area contributed by atoms with Crippen LogP contribution in [0, 0.1) is 0 Å². The van der Waals surface area contributed by atoms with E-state index < -0.39 is 8.32 Å². The molecule has 130 valence electrons. The summed E-state index contributed by atoms with van der Waals surface area (Å²) in [5.74, 6) is 0. The van der Waals surface area contributed by atoms with Crippen LogP contribution in [0.2, 0.25) is 18.1 Å². The molecule has 0 aliphatic carbocycles. The summed E-state index contributed by atoms with van der Waals surface area (Å²) < 4.78 is 8.16. The van der Waals surface area contributed by atoms with Crippen molar-refractivity contribution in [1.29, 1.82) is 0 Å². The van der Waals surface area contributed by atoms with Gasteiger partial charge in [-0.05, 0) is 81.4 Å². The molecule has 0 amide bonds. The van der Waals surface area contributed by atoms with Crippen LogP contribution in [0.15, 0.2) is 46.2 Å². The van der Waals surface area contributed by atoms with Crippen molar-refractivity contribution in [2.75, 3.05) is 0 Å². The van der Waals surface area contributed by atoms with E-state index in [1.165, 1.54) is 32.7 Å². The summed E-state index contributed by atoms with van der Waals surface area (Å²) in [5.41, 5.74) is 2.32. The predicted molar refractivity (Wildman–Crippen MR) is 115 cm³/mol. The Hall–Kier alpha value is -0.723. The molecule has 1 aromatic carbocycles. The third-order valence-electron chi connectivity index (χ3n) is 4.94. The molecule has 1 heterocycles. The number of hydrogen-bond donors (Lipinski definition) is 0. The van der Waals surface area contributed by atoms with E-state index in [1.54, 1.807) is 0 Å². The maximum atomic E-state index is 6.84. The van der Waals surface area contributed by atoms with Crippen LogP contribution in [0.5, 0.6) is 0 Å². The molecule has 0 spiro atoms. The number of rotatable bonds is 8. The summed E-state index contributed by atoms with van der Waals surface area (Å²) in [4.78, 5) is 4.43. The Labute approximate surface area is 161 Å². The molecule has 2 rings (SSSR count). The average Bonchev–Trinajstić information content (AvgIpc) is 2.62. The maximum absolute atomic E-state index is 6.84. The molecule has 0 aliphatic rings. The summed E-state index contributed by atoms with van der Waals surface area (Å²) in [6.45, 7) is 9.02. The number of hydrogen-bond acceptors (Lipinski definition) is 2. The van der Waals surface area contributed by atoms with Gasteiger partial charge in [-0.3, -0.25) is 4.98 Å². The summed E-state index contributed by atoms with van der Waals surface area (Å²) in [6.07, 6.45) is 5.22. The van der Waals surface area contributed by atoms with E-state index in [1.807, 2.05) is 12.3 Å². The number of fused-ring (bicyclic) bond motifs is 1. The van der Waals surface area contributed by atoms with Crippen LogP contribution in [0.1, 0.15) is 45.8 Å². The second-order valence-corrected chi connectivity index (χ2v) is 12.8. The normalized spacial score (nSPS) is 14.1. The maximum Gasteiger partial charge on any atom is 0.192 e. The number of allylic oxidation sites excluding steroid dienone is 1. The van der Waals surface area contributed by atoms with Gasteiger partial charge in [-0.25, -0.2) is 0 Å². The molecule has 1 atom stereocenters. The fourth-order valence-electron chi connectivity index (χ4n) is 3.12. The van der Waals surface area contributed by atoms with Crippen LogP contribution in [-0.4, -0.2) is 13.3 Å². The van der Waals surface area contributed by atoms with Gasteiger partial charge in [-0.1, -0.05) is 39.0 Å². The van der Waals surface area contributed by atoms with E-state index >= 15 is 0 Å². The largest absolute Gasteiger partial charge is 0.410 e. The van der Waals surface area contributed by atoms with Crippen molar-refractivity contribution in [2.24, 2.45) is 0 Å². The minimum absolute atomic E-state index is 0.144. The second kappa shape index (κ2) is 9.11. The van der Waals surface area contributed by atoms with Gasteiger partial charge in [0.1, 0.15) is 0 Å². The molecular weight excluding hydrogens is 425 g/mol. The van der Waals surface area contributed by atoms with Gasteiger partial charge in [0.25, 0.3) is 0 Å². The minimum Gasteiger partial charge on any atom is -0.410 e. The molecule has 0 bridgehead atoms. The Morgan fingerprint density at radius 3 is 2.54 bits per heavy atom. The first kappa shape index (κ1) is 19.6. The molecule has 24 heavy (non-hydrogen) atoms. The van der Waals surface area contributed by atoms with Crippen molar-refractivity contribution in [2.45, 2.75) is 58.4 Å². The smallest absolute Gasteiger partial charge is 0.192 e. The molecule has 1 aromatic heterocycles. The Balaban J connectivity index is 2.38. The van der Waals surface area contributed by atoms with Crippen LogP contribution in [0.4, 0.5) is 0 Å². The molecule has 0 aliphatic heterocycles. The highest BCUT2D eigenvalue weighted by Crippen LogP contribution is 2.33. The second-order valence-electron chi connectivity index (χ2n) is 6.33. The van der Waals surface area contributed by atoms with Gasteiger partial charge >= 0.3 is 0 Å². The van der Waals surface area contributed by atoms with Crippen molar-refractivity contribution >= 4 is 41.8 Å². The molecule has 0 saturated heterocycles. The van der Waals surface area contributed by atoms with Gasteiger partial charge in [-0.15, -0.1) is 0 Å². The Bertz CT molecular complexity index is 685. The lowest BCUT2D eigenvalue weighted by atomic mass is 10.0. The first-order valence-corrected chi connectivity index (χ1v) is 12.5. The first-order chi connectivity index (χ1) is 11.5. The van der Waals surface area contributed by atoms with Gasteiger partial charge in [0.05, 0.1) is 11.6 Å². The minimum atomic E-state index is -1.65. The Kier molecular flexibility index (Phi) is 7.44. The SMILES string of the molecule is CC[Si](CC)(CC)O[C@H](CC=C(C)I)c1ccc2ncccc2c1.